The average molecular weight is 297 g/mol. The maximum atomic E-state index is 12.0. The van der Waals surface area contributed by atoms with E-state index in [2.05, 4.69) is 22.2 Å². The molecule has 0 aliphatic heterocycles. The van der Waals surface area contributed by atoms with Gasteiger partial charge in [0.05, 0.1) is 11.8 Å². The largest absolute Gasteiger partial charge is 0.388 e. The molecule has 1 heterocycles. The van der Waals surface area contributed by atoms with Crippen molar-refractivity contribution in [3.63, 3.8) is 0 Å². The van der Waals surface area contributed by atoms with Crippen LogP contribution in [0.2, 0.25) is 0 Å². The predicted molar refractivity (Wildman–Crippen MR) is 83.2 cm³/mol. The first kappa shape index (κ1) is 16.7. The van der Waals surface area contributed by atoms with Crippen molar-refractivity contribution < 1.29 is 9.90 Å². The molecule has 2 atom stereocenters. The van der Waals surface area contributed by atoms with Crippen molar-refractivity contribution in [3.8, 4) is 0 Å². The molecular formula is C14H23N3O2S. The van der Waals surface area contributed by atoms with Crippen LogP contribution in [0, 0.1) is 5.92 Å². The number of nitrogens with zero attached hydrogens (tertiary/aromatic N) is 1. The Balaban J connectivity index is 2.54. The van der Waals surface area contributed by atoms with E-state index < -0.39 is 5.60 Å². The second-order valence-electron chi connectivity index (χ2n) is 5.05. The Morgan fingerprint density at radius 1 is 1.70 bits per heavy atom. The Labute approximate surface area is 124 Å². The fraction of sp³-hybridized carbons (Fsp3) is 0.571. The number of anilines is 1. The molecule has 20 heavy (non-hydrogen) atoms. The van der Waals surface area contributed by atoms with Crippen LogP contribution >= 0.6 is 11.3 Å². The lowest BCUT2D eigenvalue weighted by atomic mass is 9.89. The van der Waals surface area contributed by atoms with Crippen molar-refractivity contribution in [2.45, 2.75) is 32.8 Å². The van der Waals surface area contributed by atoms with Crippen molar-refractivity contribution in [2.75, 3.05) is 18.4 Å². The van der Waals surface area contributed by atoms with Gasteiger partial charge in [0.1, 0.15) is 4.88 Å². The second kappa shape index (κ2) is 7.40. The van der Waals surface area contributed by atoms with Gasteiger partial charge in [-0.05, 0) is 12.8 Å². The summed E-state index contributed by atoms with van der Waals surface area (Å²) in [7, 11) is 0. The van der Waals surface area contributed by atoms with E-state index in [9.17, 15) is 9.90 Å². The van der Waals surface area contributed by atoms with E-state index in [1.165, 1.54) is 17.5 Å². The smallest absolute Gasteiger partial charge is 0.263 e. The van der Waals surface area contributed by atoms with E-state index in [4.69, 9.17) is 0 Å². The van der Waals surface area contributed by atoms with Gasteiger partial charge in [0.25, 0.3) is 5.91 Å². The predicted octanol–water partition coefficient (Wildman–Crippen LogP) is 2.27. The lowest BCUT2D eigenvalue weighted by Crippen LogP contribution is -2.44. The number of thiazole rings is 1. The molecule has 112 valence electrons. The molecule has 1 aromatic rings. The summed E-state index contributed by atoms with van der Waals surface area (Å²) in [6.45, 7) is 10.2. The van der Waals surface area contributed by atoms with Gasteiger partial charge >= 0.3 is 0 Å². The van der Waals surface area contributed by atoms with Gasteiger partial charge in [0.2, 0.25) is 0 Å². The van der Waals surface area contributed by atoms with Gasteiger partial charge in [0, 0.05) is 13.1 Å². The summed E-state index contributed by atoms with van der Waals surface area (Å²) < 4.78 is 0. The number of carbonyl (C=O) groups is 1. The first-order valence-corrected chi connectivity index (χ1v) is 7.53. The van der Waals surface area contributed by atoms with Crippen LogP contribution < -0.4 is 10.6 Å². The summed E-state index contributed by atoms with van der Waals surface area (Å²) in [6, 6.07) is 0. The van der Waals surface area contributed by atoms with Crippen molar-refractivity contribution in [3.05, 3.63) is 23.7 Å². The maximum Gasteiger partial charge on any atom is 0.263 e. The molecule has 3 N–H and O–H groups in total. The normalized spacial score (nSPS) is 15.2. The first-order valence-electron chi connectivity index (χ1n) is 6.71. The molecule has 2 unspecified atom stereocenters. The number of hydrogen-bond donors (Lipinski definition) is 3. The Hall–Kier alpha value is -1.40. The number of hydrogen-bond acceptors (Lipinski definition) is 5. The van der Waals surface area contributed by atoms with Crippen molar-refractivity contribution in [1.82, 2.24) is 10.3 Å². The third-order valence-electron chi connectivity index (χ3n) is 3.41. The minimum atomic E-state index is -0.904. The van der Waals surface area contributed by atoms with Gasteiger partial charge in [-0.2, -0.15) is 0 Å². The molecule has 1 amide bonds. The molecule has 0 spiro atoms. The van der Waals surface area contributed by atoms with E-state index in [0.29, 0.717) is 16.6 Å². The van der Waals surface area contributed by atoms with Crippen LogP contribution in [0.3, 0.4) is 0 Å². The molecule has 1 rings (SSSR count). The molecule has 0 radical (unpaired) electrons. The van der Waals surface area contributed by atoms with Gasteiger partial charge in [-0.1, -0.05) is 37.7 Å². The Morgan fingerprint density at radius 2 is 2.40 bits per heavy atom. The third-order valence-corrected chi connectivity index (χ3v) is 4.36. The highest BCUT2D eigenvalue weighted by atomic mass is 32.1. The molecule has 6 heteroatoms. The number of amides is 1. The minimum Gasteiger partial charge on any atom is -0.388 e. The van der Waals surface area contributed by atoms with Gasteiger partial charge < -0.3 is 15.7 Å². The zero-order valence-electron chi connectivity index (χ0n) is 12.3. The average Bonchev–Trinajstić information content (AvgIpc) is 2.90. The fourth-order valence-electron chi connectivity index (χ4n) is 1.58. The van der Waals surface area contributed by atoms with Crippen LogP contribution in [0.1, 0.15) is 36.9 Å². The van der Waals surface area contributed by atoms with Crippen LogP contribution in [0.5, 0.6) is 0 Å². The van der Waals surface area contributed by atoms with E-state index in [1.54, 1.807) is 13.0 Å². The summed E-state index contributed by atoms with van der Waals surface area (Å²) in [6.07, 6.45) is 4.12. The highest BCUT2D eigenvalue weighted by Gasteiger charge is 2.27. The summed E-state index contributed by atoms with van der Waals surface area (Å²) in [4.78, 5) is 16.6. The van der Waals surface area contributed by atoms with E-state index in [0.717, 1.165) is 6.42 Å². The second-order valence-corrected chi connectivity index (χ2v) is 6.08. The van der Waals surface area contributed by atoms with Crippen LogP contribution in [0.25, 0.3) is 0 Å². The number of carbonyl (C=O) groups excluding carboxylic acids is 1. The standard InChI is InChI=1S/C14H23N3O2S/c1-5-7-15-13-16-8-11(20-13)12(18)17-9-14(4,19)10(3)6-2/h5,8,10,19H,1,6-7,9H2,2-4H3,(H,15,16)(H,17,18). The molecule has 0 saturated heterocycles. The van der Waals surface area contributed by atoms with Crippen LogP contribution in [0.15, 0.2) is 18.9 Å². The van der Waals surface area contributed by atoms with Crippen LogP contribution in [-0.2, 0) is 0 Å². The summed E-state index contributed by atoms with van der Waals surface area (Å²) in [5, 5.41) is 16.7. The minimum absolute atomic E-state index is 0.120. The van der Waals surface area contributed by atoms with Crippen molar-refractivity contribution >= 4 is 22.4 Å². The molecule has 0 aliphatic rings. The molecule has 0 fully saturated rings. The highest BCUT2D eigenvalue weighted by Crippen LogP contribution is 2.20. The molecule has 1 aromatic heterocycles. The van der Waals surface area contributed by atoms with Crippen molar-refractivity contribution in [1.29, 1.82) is 0 Å². The molecule has 0 aliphatic carbocycles. The van der Waals surface area contributed by atoms with E-state index in [1.807, 2.05) is 13.8 Å². The Morgan fingerprint density at radius 3 is 3.00 bits per heavy atom. The zero-order valence-corrected chi connectivity index (χ0v) is 13.1. The van der Waals surface area contributed by atoms with Gasteiger partial charge in [-0.15, -0.1) is 6.58 Å². The van der Waals surface area contributed by atoms with Crippen LogP contribution in [-0.4, -0.2) is 34.7 Å². The molecule has 0 aromatic carbocycles. The number of aromatic nitrogens is 1. The zero-order chi connectivity index (χ0) is 15.2. The van der Waals surface area contributed by atoms with Gasteiger partial charge in [0.15, 0.2) is 5.13 Å². The third kappa shape index (κ3) is 4.61. The summed E-state index contributed by atoms with van der Waals surface area (Å²) in [5.74, 6) is -0.0909. The SMILES string of the molecule is C=CCNc1ncc(C(=O)NCC(C)(O)C(C)CC)s1. The lowest BCUT2D eigenvalue weighted by molar-refractivity contribution is 0.00596. The lowest BCUT2D eigenvalue weighted by Gasteiger charge is -2.29. The fourth-order valence-corrected chi connectivity index (χ4v) is 2.32. The molecule has 5 nitrogen and oxygen atoms in total. The Kier molecular flexibility index (Phi) is 6.16. The monoisotopic (exact) mass is 297 g/mol. The highest BCUT2D eigenvalue weighted by molar-refractivity contribution is 7.17. The summed E-state index contributed by atoms with van der Waals surface area (Å²) in [5.41, 5.74) is -0.904. The summed E-state index contributed by atoms with van der Waals surface area (Å²) >= 11 is 1.28. The molecule has 0 saturated carbocycles. The Bertz CT molecular complexity index is 457. The van der Waals surface area contributed by atoms with Crippen LogP contribution in [0.4, 0.5) is 5.13 Å². The number of aliphatic hydroxyl groups is 1. The van der Waals surface area contributed by atoms with E-state index >= 15 is 0 Å². The molecular weight excluding hydrogens is 274 g/mol. The van der Waals surface area contributed by atoms with Gasteiger partial charge in [-0.3, -0.25) is 4.79 Å². The molecule has 0 bridgehead atoms. The van der Waals surface area contributed by atoms with Gasteiger partial charge in [-0.25, -0.2) is 4.98 Å². The first-order chi connectivity index (χ1) is 9.40. The van der Waals surface area contributed by atoms with Crippen molar-refractivity contribution in [2.24, 2.45) is 5.92 Å². The number of rotatable bonds is 8. The number of nitrogens with one attached hydrogen (secondary N) is 2. The topological polar surface area (TPSA) is 74.2 Å². The maximum absolute atomic E-state index is 12.0. The quantitative estimate of drug-likeness (QED) is 0.644. The van der Waals surface area contributed by atoms with E-state index in [-0.39, 0.29) is 18.4 Å².